The first kappa shape index (κ1) is 23.2. The van der Waals surface area contributed by atoms with Crippen molar-refractivity contribution in [2.45, 2.75) is 39.0 Å². The number of Topliss-reactive ketones (excluding diaryl/α,β-unsaturated/α-hetero) is 1. The predicted octanol–water partition coefficient (Wildman–Crippen LogP) is 7.00. The Hall–Kier alpha value is -4.23. The van der Waals surface area contributed by atoms with Crippen molar-refractivity contribution in [3.63, 3.8) is 0 Å². The van der Waals surface area contributed by atoms with E-state index in [1.165, 1.54) is 22.3 Å². The summed E-state index contributed by atoms with van der Waals surface area (Å²) in [5.41, 5.74) is 8.77. The Kier molecular flexibility index (Phi) is 5.46. The SMILES string of the molecule is Cc1ccccc1-c1ccc(-n2nc(-c3ccccc3)c3c2[C@]2(C)C=C(C#N)C(=O)[C@H](C)[C@H]2CC3)cc1. The molecule has 0 amide bonds. The summed E-state index contributed by atoms with van der Waals surface area (Å²) in [7, 11) is 0. The van der Waals surface area contributed by atoms with Gasteiger partial charge in [0.25, 0.3) is 0 Å². The Morgan fingerprint density at radius 1 is 0.973 bits per heavy atom. The minimum absolute atomic E-state index is 0.0367. The number of nitriles is 1. The summed E-state index contributed by atoms with van der Waals surface area (Å²) in [6, 6.07) is 29.5. The van der Waals surface area contributed by atoms with E-state index in [-0.39, 0.29) is 23.2 Å². The first-order chi connectivity index (χ1) is 17.9. The minimum Gasteiger partial charge on any atom is -0.293 e. The van der Waals surface area contributed by atoms with Crippen LogP contribution >= 0.6 is 0 Å². The molecule has 37 heavy (non-hydrogen) atoms. The average molecular weight is 484 g/mol. The van der Waals surface area contributed by atoms with E-state index >= 15 is 0 Å². The first-order valence-corrected chi connectivity index (χ1v) is 12.9. The van der Waals surface area contributed by atoms with Crippen LogP contribution in [0.25, 0.3) is 28.1 Å². The number of rotatable bonds is 3. The summed E-state index contributed by atoms with van der Waals surface area (Å²) in [6.07, 6.45) is 3.67. The van der Waals surface area contributed by atoms with Crippen LogP contribution in [0.3, 0.4) is 0 Å². The molecular formula is C33H29N3O. The highest BCUT2D eigenvalue weighted by molar-refractivity contribution is 6.02. The van der Waals surface area contributed by atoms with Gasteiger partial charge in [0.15, 0.2) is 5.78 Å². The predicted molar refractivity (Wildman–Crippen MR) is 146 cm³/mol. The molecule has 0 bridgehead atoms. The Balaban J connectivity index is 1.57. The average Bonchev–Trinajstić information content (AvgIpc) is 3.33. The summed E-state index contributed by atoms with van der Waals surface area (Å²) in [5, 5.41) is 15.0. The van der Waals surface area contributed by atoms with Crippen LogP contribution < -0.4 is 0 Å². The zero-order valence-corrected chi connectivity index (χ0v) is 21.4. The molecule has 3 atom stereocenters. The molecule has 0 radical (unpaired) electrons. The van der Waals surface area contributed by atoms with Gasteiger partial charge in [-0.1, -0.05) is 86.7 Å². The number of hydrogen-bond donors (Lipinski definition) is 0. The van der Waals surface area contributed by atoms with E-state index in [4.69, 9.17) is 5.10 Å². The lowest BCUT2D eigenvalue weighted by Gasteiger charge is -2.45. The molecule has 0 saturated heterocycles. The van der Waals surface area contributed by atoms with Gasteiger partial charge >= 0.3 is 0 Å². The third-order valence-electron chi connectivity index (χ3n) is 8.43. The number of allylic oxidation sites excluding steroid dienone is 2. The van der Waals surface area contributed by atoms with E-state index < -0.39 is 5.41 Å². The fraction of sp³-hybridized carbons (Fsp3) is 0.242. The molecular weight excluding hydrogens is 454 g/mol. The number of hydrogen-bond acceptors (Lipinski definition) is 3. The van der Waals surface area contributed by atoms with Gasteiger partial charge in [-0.15, -0.1) is 0 Å². The largest absolute Gasteiger partial charge is 0.293 e. The smallest absolute Gasteiger partial charge is 0.176 e. The van der Waals surface area contributed by atoms with Crippen molar-refractivity contribution in [2.24, 2.45) is 11.8 Å². The number of benzene rings is 3. The summed E-state index contributed by atoms with van der Waals surface area (Å²) in [6.45, 7) is 6.30. The molecule has 4 aromatic rings. The van der Waals surface area contributed by atoms with Crippen molar-refractivity contribution in [2.75, 3.05) is 0 Å². The molecule has 2 aliphatic rings. The molecule has 0 aliphatic heterocycles. The molecule has 1 aromatic heterocycles. The zero-order valence-electron chi connectivity index (χ0n) is 21.4. The monoisotopic (exact) mass is 483 g/mol. The van der Waals surface area contributed by atoms with Crippen molar-refractivity contribution in [1.82, 2.24) is 9.78 Å². The zero-order chi connectivity index (χ0) is 25.7. The summed E-state index contributed by atoms with van der Waals surface area (Å²) in [4.78, 5) is 12.9. The van der Waals surface area contributed by atoms with Crippen LogP contribution in [0.5, 0.6) is 0 Å². The van der Waals surface area contributed by atoms with Gasteiger partial charge in [-0.2, -0.15) is 10.4 Å². The highest BCUT2D eigenvalue weighted by Gasteiger charge is 2.50. The van der Waals surface area contributed by atoms with Crippen LogP contribution in [-0.4, -0.2) is 15.6 Å². The molecule has 0 fully saturated rings. The molecule has 0 N–H and O–H groups in total. The highest BCUT2D eigenvalue weighted by Crippen LogP contribution is 2.52. The van der Waals surface area contributed by atoms with E-state index in [1.807, 2.05) is 31.2 Å². The third-order valence-corrected chi connectivity index (χ3v) is 8.43. The van der Waals surface area contributed by atoms with Crippen molar-refractivity contribution in [3.8, 4) is 34.1 Å². The van der Waals surface area contributed by atoms with Gasteiger partial charge in [-0.3, -0.25) is 4.79 Å². The lowest BCUT2D eigenvalue weighted by molar-refractivity contribution is -0.121. The Morgan fingerprint density at radius 2 is 1.68 bits per heavy atom. The van der Waals surface area contributed by atoms with Crippen molar-refractivity contribution in [1.29, 1.82) is 5.26 Å². The quantitative estimate of drug-likeness (QED) is 0.315. The molecule has 2 aliphatic carbocycles. The van der Waals surface area contributed by atoms with Gasteiger partial charge in [0.2, 0.25) is 0 Å². The molecule has 0 spiro atoms. The number of aromatic nitrogens is 2. The topological polar surface area (TPSA) is 58.7 Å². The molecule has 3 aromatic carbocycles. The van der Waals surface area contributed by atoms with E-state index in [0.717, 1.165) is 35.5 Å². The van der Waals surface area contributed by atoms with Gasteiger partial charge in [-0.25, -0.2) is 4.68 Å². The van der Waals surface area contributed by atoms with Gasteiger partial charge in [0.05, 0.1) is 22.6 Å². The number of aryl methyl sites for hydroxylation is 1. The van der Waals surface area contributed by atoms with Crippen LogP contribution in [0, 0.1) is 30.1 Å². The number of carbonyl (C=O) groups is 1. The fourth-order valence-corrected chi connectivity index (χ4v) is 6.54. The maximum Gasteiger partial charge on any atom is 0.176 e. The van der Waals surface area contributed by atoms with E-state index in [2.05, 4.69) is 85.3 Å². The lowest BCUT2D eigenvalue weighted by atomic mass is 9.57. The third kappa shape index (κ3) is 3.57. The van der Waals surface area contributed by atoms with Gasteiger partial charge in [0, 0.05) is 22.5 Å². The minimum atomic E-state index is -0.472. The van der Waals surface area contributed by atoms with Crippen molar-refractivity contribution in [3.05, 3.63) is 107 Å². The van der Waals surface area contributed by atoms with Gasteiger partial charge < -0.3 is 0 Å². The van der Waals surface area contributed by atoms with Crippen molar-refractivity contribution < 1.29 is 4.79 Å². The van der Waals surface area contributed by atoms with E-state index in [9.17, 15) is 10.1 Å². The molecule has 0 saturated carbocycles. The second-order valence-electron chi connectivity index (χ2n) is 10.6. The second-order valence-corrected chi connectivity index (χ2v) is 10.6. The molecule has 1 heterocycles. The highest BCUT2D eigenvalue weighted by atomic mass is 16.1. The second kappa shape index (κ2) is 8.71. The standard InChI is InChI=1S/C33H29N3O/c1-21-9-7-8-12-27(21)23-13-15-26(16-14-23)36-32-28(30(35-36)24-10-5-4-6-11-24)17-18-29-22(2)31(37)25(20-34)19-33(29,32)3/h4-16,19,22,29H,17-18H2,1-3H3/t22-,29-,33-/m1/s1. The molecule has 182 valence electrons. The van der Waals surface area contributed by atoms with Crippen LogP contribution in [0.15, 0.2) is 90.5 Å². The van der Waals surface area contributed by atoms with Crippen molar-refractivity contribution >= 4 is 5.78 Å². The summed E-state index contributed by atoms with van der Waals surface area (Å²) >= 11 is 0. The number of fused-ring (bicyclic) bond motifs is 3. The maximum atomic E-state index is 12.9. The van der Waals surface area contributed by atoms with Gasteiger partial charge in [-0.05, 0) is 54.5 Å². The Bertz CT molecular complexity index is 1590. The molecule has 0 unspecified atom stereocenters. The van der Waals surface area contributed by atoms with E-state index in [0.29, 0.717) is 0 Å². The molecule has 4 heteroatoms. The maximum absolute atomic E-state index is 12.9. The molecule has 6 rings (SSSR count). The van der Waals surface area contributed by atoms with Crippen LogP contribution in [0.2, 0.25) is 0 Å². The number of carbonyl (C=O) groups excluding carboxylic acids is 1. The summed E-state index contributed by atoms with van der Waals surface area (Å²) in [5.74, 6) is -0.120. The number of ketones is 1. The van der Waals surface area contributed by atoms with Crippen LogP contribution in [-0.2, 0) is 16.6 Å². The first-order valence-electron chi connectivity index (χ1n) is 12.9. The Morgan fingerprint density at radius 3 is 2.38 bits per heavy atom. The molecule has 4 nitrogen and oxygen atoms in total. The lowest BCUT2D eigenvalue weighted by Crippen LogP contribution is -2.46. The fourth-order valence-electron chi connectivity index (χ4n) is 6.54. The Labute approximate surface area is 217 Å². The summed E-state index contributed by atoms with van der Waals surface area (Å²) < 4.78 is 2.07. The number of nitrogens with zero attached hydrogens (tertiary/aromatic N) is 3. The van der Waals surface area contributed by atoms with Gasteiger partial charge in [0.1, 0.15) is 6.07 Å². The normalized spacial score (nSPS) is 22.5. The van der Waals surface area contributed by atoms with Crippen LogP contribution in [0.4, 0.5) is 0 Å². The van der Waals surface area contributed by atoms with Crippen LogP contribution in [0.1, 0.15) is 37.1 Å². The van der Waals surface area contributed by atoms with E-state index in [1.54, 1.807) is 0 Å².